The number of ether oxygens (including phenoxy) is 3. The number of halogens is 3. The Morgan fingerprint density at radius 1 is 1.00 bits per heavy atom. The van der Waals surface area contributed by atoms with Gasteiger partial charge in [-0.25, -0.2) is 8.42 Å². The van der Waals surface area contributed by atoms with Crippen molar-refractivity contribution < 1.29 is 40.7 Å². The fraction of sp³-hybridized carbons (Fsp3) is 0.250. The fourth-order valence-electron chi connectivity index (χ4n) is 4.33. The number of hydrogen-bond donors (Lipinski definition) is 0. The van der Waals surface area contributed by atoms with Gasteiger partial charge in [-0.1, -0.05) is 18.2 Å². The van der Waals surface area contributed by atoms with Crippen molar-refractivity contribution in [1.29, 1.82) is 0 Å². The highest BCUT2D eigenvalue weighted by Crippen LogP contribution is 2.45. The second-order valence-electron chi connectivity index (χ2n) is 8.05. The summed E-state index contributed by atoms with van der Waals surface area (Å²) in [5.74, 6) is 0.191. The zero-order valence-corrected chi connectivity index (χ0v) is 20.4. The molecule has 0 aromatic heterocycles. The van der Waals surface area contributed by atoms with E-state index >= 15 is 0 Å². The molecule has 13 heteroatoms. The minimum Gasteiger partial charge on any atom is -0.497 e. The first-order valence-corrected chi connectivity index (χ1v) is 12.3. The van der Waals surface area contributed by atoms with Crippen molar-refractivity contribution in [3.8, 4) is 17.2 Å². The number of nitrogens with zero attached hydrogens (tertiary/aromatic N) is 2. The number of benzene rings is 3. The second-order valence-corrected chi connectivity index (χ2v) is 9.94. The SMILES string of the molecule is COc1cc2c(c(OC)c1)C(c1cccc(OC(F)(F)F)c1)N(S(=O)(=O)c1cccc([N+](=O)[O-])c1)CC2. The van der Waals surface area contributed by atoms with E-state index in [-0.39, 0.29) is 29.2 Å². The molecule has 1 aliphatic rings. The first kappa shape index (κ1) is 26.2. The molecule has 0 N–H and O–H groups in total. The van der Waals surface area contributed by atoms with Gasteiger partial charge in [-0.15, -0.1) is 13.2 Å². The molecule has 196 valence electrons. The van der Waals surface area contributed by atoms with Gasteiger partial charge in [0.05, 0.1) is 30.1 Å². The number of rotatable bonds is 7. The summed E-state index contributed by atoms with van der Waals surface area (Å²) < 4.78 is 82.4. The van der Waals surface area contributed by atoms with Crippen molar-refractivity contribution >= 4 is 15.7 Å². The number of sulfonamides is 1. The minimum absolute atomic E-state index is 0.0661. The van der Waals surface area contributed by atoms with Gasteiger partial charge in [0.2, 0.25) is 10.0 Å². The molecule has 0 saturated carbocycles. The first-order chi connectivity index (χ1) is 17.4. The predicted octanol–water partition coefficient (Wildman–Crippen LogP) is 4.85. The lowest BCUT2D eigenvalue weighted by Gasteiger charge is -2.37. The van der Waals surface area contributed by atoms with E-state index in [1.54, 1.807) is 12.1 Å². The summed E-state index contributed by atoms with van der Waals surface area (Å²) in [7, 11) is -1.53. The quantitative estimate of drug-likeness (QED) is 0.313. The number of methoxy groups -OCH3 is 2. The number of nitro groups is 1. The van der Waals surface area contributed by atoms with Gasteiger partial charge in [0.15, 0.2) is 0 Å². The molecule has 1 aliphatic heterocycles. The molecular formula is C24H21F3N2O7S. The molecule has 4 rings (SSSR count). The van der Waals surface area contributed by atoms with Gasteiger partial charge in [-0.3, -0.25) is 10.1 Å². The Labute approximate surface area is 210 Å². The fourth-order valence-corrected chi connectivity index (χ4v) is 5.96. The van der Waals surface area contributed by atoms with Crippen molar-refractivity contribution in [2.45, 2.75) is 23.7 Å². The minimum atomic E-state index is -4.96. The van der Waals surface area contributed by atoms with Crippen molar-refractivity contribution in [3.63, 3.8) is 0 Å². The highest BCUT2D eigenvalue weighted by Gasteiger charge is 2.40. The lowest BCUT2D eigenvalue weighted by molar-refractivity contribution is -0.385. The first-order valence-electron chi connectivity index (χ1n) is 10.8. The van der Waals surface area contributed by atoms with Gasteiger partial charge in [-0.05, 0) is 41.8 Å². The largest absolute Gasteiger partial charge is 0.573 e. The zero-order valence-electron chi connectivity index (χ0n) is 19.6. The Balaban J connectivity index is 1.93. The monoisotopic (exact) mass is 538 g/mol. The summed E-state index contributed by atoms with van der Waals surface area (Å²) in [6, 6.07) is 11.7. The van der Waals surface area contributed by atoms with Gasteiger partial charge in [-0.2, -0.15) is 4.31 Å². The van der Waals surface area contributed by atoms with Crippen LogP contribution in [-0.2, 0) is 16.4 Å². The molecule has 9 nitrogen and oxygen atoms in total. The summed E-state index contributed by atoms with van der Waals surface area (Å²) in [5.41, 5.74) is 0.847. The predicted molar refractivity (Wildman–Crippen MR) is 125 cm³/mol. The molecule has 0 radical (unpaired) electrons. The summed E-state index contributed by atoms with van der Waals surface area (Å²) in [5, 5.41) is 11.3. The third-order valence-electron chi connectivity index (χ3n) is 5.86. The van der Waals surface area contributed by atoms with E-state index in [9.17, 15) is 31.7 Å². The van der Waals surface area contributed by atoms with Gasteiger partial charge < -0.3 is 14.2 Å². The summed E-state index contributed by atoms with van der Waals surface area (Å²) in [6.07, 6.45) is -4.73. The molecule has 1 unspecified atom stereocenters. The third kappa shape index (κ3) is 5.32. The summed E-state index contributed by atoms with van der Waals surface area (Å²) >= 11 is 0. The van der Waals surface area contributed by atoms with Gasteiger partial charge in [0.25, 0.3) is 5.69 Å². The molecule has 0 fully saturated rings. The number of fused-ring (bicyclic) bond motifs is 1. The van der Waals surface area contributed by atoms with Gasteiger partial charge in [0, 0.05) is 30.3 Å². The molecule has 3 aromatic rings. The maximum atomic E-state index is 13.8. The van der Waals surface area contributed by atoms with Crippen LogP contribution in [0.5, 0.6) is 17.2 Å². The topological polar surface area (TPSA) is 108 Å². The number of hydrogen-bond acceptors (Lipinski definition) is 7. The van der Waals surface area contributed by atoms with E-state index in [1.807, 2.05) is 0 Å². The maximum Gasteiger partial charge on any atom is 0.573 e. The number of nitro benzene ring substituents is 1. The molecule has 0 bridgehead atoms. The van der Waals surface area contributed by atoms with Crippen LogP contribution in [0.4, 0.5) is 18.9 Å². The Morgan fingerprint density at radius 2 is 1.73 bits per heavy atom. The molecule has 0 saturated heterocycles. The molecule has 1 atom stereocenters. The molecule has 37 heavy (non-hydrogen) atoms. The van der Waals surface area contributed by atoms with Crippen LogP contribution in [0.3, 0.4) is 0 Å². The van der Waals surface area contributed by atoms with Crippen LogP contribution in [0.15, 0.2) is 65.6 Å². The van der Waals surface area contributed by atoms with Gasteiger partial charge >= 0.3 is 6.36 Å². The van der Waals surface area contributed by atoms with E-state index < -0.39 is 38.8 Å². The molecular weight excluding hydrogens is 517 g/mol. The van der Waals surface area contributed by atoms with Crippen LogP contribution in [0, 0.1) is 10.1 Å². The van der Waals surface area contributed by atoms with Crippen molar-refractivity contribution in [2.75, 3.05) is 20.8 Å². The Kier molecular flexibility index (Phi) is 7.02. The second kappa shape index (κ2) is 9.90. The highest BCUT2D eigenvalue weighted by atomic mass is 32.2. The van der Waals surface area contributed by atoms with Crippen molar-refractivity contribution in [3.05, 3.63) is 87.5 Å². The average Bonchev–Trinajstić information content (AvgIpc) is 2.86. The lowest BCUT2D eigenvalue weighted by atomic mass is 9.88. The van der Waals surface area contributed by atoms with E-state index in [4.69, 9.17) is 9.47 Å². The number of alkyl halides is 3. The normalized spacial score (nSPS) is 16.1. The molecule has 0 spiro atoms. The van der Waals surface area contributed by atoms with Crippen LogP contribution in [0.2, 0.25) is 0 Å². The van der Waals surface area contributed by atoms with Crippen LogP contribution in [-0.4, -0.2) is 44.8 Å². The highest BCUT2D eigenvalue weighted by molar-refractivity contribution is 7.89. The summed E-state index contributed by atoms with van der Waals surface area (Å²) in [4.78, 5) is 10.2. The maximum absolute atomic E-state index is 13.8. The molecule has 3 aromatic carbocycles. The summed E-state index contributed by atoms with van der Waals surface area (Å²) in [6.45, 7) is -0.0661. The smallest absolute Gasteiger partial charge is 0.497 e. The van der Waals surface area contributed by atoms with E-state index in [2.05, 4.69) is 4.74 Å². The van der Waals surface area contributed by atoms with Crippen LogP contribution >= 0.6 is 0 Å². The zero-order chi connectivity index (χ0) is 27.0. The van der Waals surface area contributed by atoms with Gasteiger partial charge in [0.1, 0.15) is 17.2 Å². The average molecular weight is 539 g/mol. The van der Waals surface area contributed by atoms with E-state index in [1.165, 1.54) is 38.5 Å². The van der Waals surface area contributed by atoms with Crippen LogP contribution in [0.1, 0.15) is 22.7 Å². The standard InChI is InChI=1S/C24H21F3N2O7S/c1-34-19-11-15-9-10-28(37(32,33)20-8-4-6-17(13-20)29(30)31)23(22(15)21(14-19)35-2)16-5-3-7-18(12-16)36-24(25,26)27/h3-8,11-14,23H,9-10H2,1-2H3. The van der Waals surface area contributed by atoms with Crippen LogP contribution in [0.25, 0.3) is 0 Å². The Bertz CT molecular complexity index is 1430. The van der Waals surface area contributed by atoms with Crippen molar-refractivity contribution in [2.24, 2.45) is 0 Å². The number of non-ortho nitro benzene ring substituents is 1. The molecule has 0 amide bonds. The molecule has 1 heterocycles. The Morgan fingerprint density at radius 3 is 2.38 bits per heavy atom. The van der Waals surface area contributed by atoms with E-state index in [0.29, 0.717) is 16.9 Å². The van der Waals surface area contributed by atoms with Crippen LogP contribution < -0.4 is 14.2 Å². The third-order valence-corrected chi connectivity index (χ3v) is 7.72. The molecule has 0 aliphatic carbocycles. The van der Waals surface area contributed by atoms with E-state index in [0.717, 1.165) is 28.6 Å². The Hall–Kier alpha value is -3.84. The van der Waals surface area contributed by atoms with Crippen molar-refractivity contribution in [1.82, 2.24) is 4.31 Å². The lowest BCUT2D eigenvalue weighted by Crippen LogP contribution is -2.40.